The van der Waals surface area contributed by atoms with Crippen LogP contribution >= 0.6 is 24.0 Å². The van der Waals surface area contributed by atoms with Gasteiger partial charge in [0.25, 0.3) is 0 Å². The molecular weight excluding hydrogens is 445 g/mol. The molecule has 0 aliphatic heterocycles. The minimum Gasteiger partial charge on any atom is -0.496 e. The number of para-hydroxylation sites is 1. The maximum Gasteiger partial charge on any atom is 0.232 e. The molecule has 0 aliphatic rings. The van der Waals surface area contributed by atoms with Crippen LogP contribution in [0.2, 0.25) is 0 Å². The molecule has 1 aromatic heterocycles. The number of methoxy groups -OCH3 is 1. The smallest absolute Gasteiger partial charge is 0.232 e. The summed E-state index contributed by atoms with van der Waals surface area (Å²) in [4.78, 5) is 10.8. The van der Waals surface area contributed by atoms with Crippen LogP contribution in [0, 0.1) is 0 Å². The first kappa shape index (κ1) is 22.2. The predicted octanol–water partition coefficient (Wildman–Crippen LogP) is 3.20. The summed E-state index contributed by atoms with van der Waals surface area (Å²) in [5.41, 5.74) is 0.929. The molecule has 1 aromatic carbocycles. The topological polar surface area (TPSA) is 75.8 Å². The summed E-state index contributed by atoms with van der Waals surface area (Å²) in [5.74, 6) is 2.84. The van der Waals surface area contributed by atoms with Gasteiger partial charge < -0.3 is 19.5 Å². The summed E-state index contributed by atoms with van der Waals surface area (Å²) < 4.78 is 10.7. The first-order chi connectivity index (χ1) is 11.8. The van der Waals surface area contributed by atoms with E-state index in [1.54, 1.807) is 14.2 Å². The normalized spacial score (nSPS) is 11.7. The second-order valence-corrected chi connectivity index (χ2v) is 6.83. The van der Waals surface area contributed by atoms with Crippen molar-refractivity contribution in [2.24, 2.45) is 4.99 Å². The van der Waals surface area contributed by atoms with Gasteiger partial charge in [-0.15, -0.1) is 24.0 Å². The van der Waals surface area contributed by atoms with Crippen LogP contribution < -0.4 is 10.1 Å². The van der Waals surface area contributed by atoms with Gasteiger partial charge >= 0.3 is 0 Å². The molecule has 2 aromatic rings. The van der Waals surface area contributed by atoms with Gasteiger partial charge in [0.05, 0.1) is 13.7 Å². The van der Waals surface area contributed by atoms with E-state index in [1.165, 1.54) is 0 Å². The summed E-state index contributed by atoms with van der Waals surface area (Å²) in [5, 5.41) is 7.28. The van der Waals surface area contributed by atoms with Gasteiger partial charge in [0, 0.05) is 31.6 Å². The Labute approximate surface area is 172 Å². The number of hydrogen-bond donors (Lipinski definition) is 1. The van der Waals surface area contributed by atoms with Crippen LogP contribution in [0.15, 0.2) is 33.8 Å². The zero-order chi connectivity index (χ0) is 18.4. The number of rotatable bonds is 5. The largest absolute Gasteiger partial charge is 0.496 e. The van der Waals surface area contributed by atoms with Crippen LogP contribution in [0.1, 0.15) is 38.0 Å². The Morgan fingerprint density at radius 3 is 2.58 bits per heavy atom. The van der Waals surface area contributed by atoms with E-state index < -0.39 is 0 Å². The number of nitrogens with zero attached hydrogens (tertiary/aromatic N) is 4. The lowest BCUT2D eigenvalue weighted by Crippen LogP contribution is -2.38. The molecule has 8 heteroatoms. The average Bonchev–Trinajstić information content (AvgIpc) is 3.05. The van der Waals surface area contributed by atoms with Crippen LogP contribution in [0.4, 0.5) is 0 Å². The lowest BCUT2D eigenvalue weighted by molar-refractivity contribution is 0.318. The summed E-state index contributed by atoms with van der Waals surface area (Å²) in [7, 11) is 5.39. The minimum atomic E-state index is -0.159. The Hall–Kier alpha value is -1.84. The van der Waals surface area contributed by atoms with Gasteiger partial charge in [-0.05, 0) is 6.07 Å². The lowest BCUT2D eigenvalue weighted by atomic mass is 9.97. The van der Waals surface area contributed by atoms with Gasteiger partial charge in [0.1, 0.15) is 5.75 Å². The zero-order valence-electron chi connectivity index (χ0n) is 16.2. The van der Waals surface area contributed by atoms with Crippen LogP contribution in [0.3, 0.4) is 0 Å². The van der Waals surface area contributed by atoms with Crippen molar-refractivity contribution >= 4 is 29.9 Å². The van der Waals surface area contributed by atoms with Crippen molar-refractivity contribution in [1.29, 1.82) is 0 Å². The third-order valence-corrected chi connectivity index (χ3v) is 3.69. The first-order valence-electron chi connectivity index (χ1n) is 8.22. The molecule has 0 aliphatic carbocycles. The Kier molecular flexibility index (Phi) is 8.32. The van der Waals surface area contributed by atoms with E-state index in [9.17, 15) is 0 Å². The molecular formula is C18H28IN5O2. The highest BCUT2D eigenvalue weighted by Crippen LogP contribution is 2.20. The highest BCUT2D eigenvalue weighted by atomic mass is 127. The van der Waals surface area contributed by atoms with E-state index in [2.05, 4.69) is 20.4 Å². The quantitative estimate of drug-likeness (QED) is 0.409. The fourth-order valence-electron chi connectivity index (χ4n) is 2.34. The Morgan fingerprint density at radius 1 is 1.31 bits per heavy atom. The number of nitrogens with one attached hydrogen (secondary N) is 1. The third-order valence-electron chi connectivity index (χ3n) is 3.69. The molecule has 1 heterocycles. The molecule has 144 valence electrons. The third kappa shape index (κ3) is 5.86. The number of halogens is 1. The van der Waals surface area contributed by atoms with Crippen molar-refractivity contribution in [3.63, 3.8) is 0 Å². The molecule has 0 bridgehead atoms. The van der Waals surface area contributed by atoms with E-state index in [-0.39, 0.29) is 29.4 Å². The molecule has 0 radical (unpaired) electrons. The van der Waals surface area contributed by atoms with E-state index in [4.69, 9.17) is 9.26 Å². The lowest BCUT2D eigenvalue weighted by Gasteiger charge is -2.22. The Bertz CT molecular complexity index is 724. The van der Waals surface area contributed by atoms with Crippen molar-refractivity contribution in [2.45, 2.75) is 39.3 Å². The zero-order valence-corrected chi connectivity index (χ0v) is 18.6. The van der Waals surface area contributed by atoms with Crippen molar-refractivity contribution in [2.75, 3.05) is 21.2 Å². The van der Waals surface area contributed by atoms with Crippen molar-refractivity contribution in [1.82, 2.24) is 20.4 Å². The number of benzene rings is 1. The molecule has 0 atom stereocenters. The van der Waals surface area contributed by atoms with Gasteiger partial charge in [0.15, 0.2) is 11.8 Å². The van der Waals surface area contributed by atoms with E-state index in [0.717, 1.165) is 17.3 Å². The summed E-state index contributed by atoms with van der Waals surface area (Å²) in [6.07, 6.45) is 0. The van der Waals surface area contributed by atoms with Crippen molar-refractivity contribution in [3.8, 4) is 5.75 Å². The van der Waals surface area contributed by atoms with Gasteiger partial charge in [-0.1, -0.05) is 44.1 Å². The van der Waals surface area contributed by atoms with Crippen molar-refractivity contribution < 1.29 is 9.26 Å². The monoisotopic (exact) mass is 473 g/mol. The summed E-state index contributed by atoms with van der Waals surface area (Å²) in [6, 6.07) is 7.94. The molecule has 0 saturated heterocycles. The predicted molar refractivity (Wildman–Crippen MR) is 113 cm³/mol. The fraction of sp³-hybridized carbons (Fsp3) is 0.500. The highest BCUT2D eigenvalue weighted by molar-refractivity contribution is 14.0. The highest BCUT2D eigenvalue weighted by Gasteiger charge is 2.21. The van der Waals surface area contributed by atoms with E-state index >= 15 is 0 Å². The molecule has 0 spiro atoms. The number of guanidine groups is 1. The maximum atomic E-state index is 5.40. The number of ether oxygens (including phenoxy) is 1. The number of hydrogen-bond acceptors (Lipinski definition) is 5. The molecule has 1 N–H and O–H groups in total. The van der Waals surface area contributed by atoms with Crippen LogP contribution in [-0.4, -0.2) is 42.2 Å². The number of aromatic nitrogens is 2. The Morgan fingerprint density at radius 2 is 2.00 bits per heavy atom. The Balaban J connectivity index is 0.00000338. The van der Waals surface area contributed by atoms with E-state index in [1.807, 2.05) is 57.0 Å². The molecule has 26 heavy (non-hydrogen) atoms. The molecule has 0 amide bonds. The van der Waals surface area contributed by atoms with E-state index in [0.29, 0.717) is 24.8 Å². The van der Waals surface area contributed by atoms with Gasteiger partial charge in [-0.3, -0.25) is 4.99 Å². The minimum absolute atomic E-state index is 0. The van der Waals surface area contributed by atoms with Crippen LogP contribution in [-0.2, 0) is 18.5 Å². The molecule has 0 saturated carbocycles. The van der Waals surface area contributed by atoms with Gasteiger partial charge in [0.2, 0.25) is 5.89 Å². The molecule has 2 rings (SSSR count). The maximum absolute atomic E-state index is 5.40. The first-order valence-corrected chi connectivity index (χ1v) is 8.22. The summed E-state index contributed by atoms with van der Waals surface area (Å²) in [6.45, 7) is 7.23. The van der Waals surface area contributed by atoms with Crippen molar-refractivity contribution in [3.05, 3.63) is 41.5 Å². The molecule has 0 unspecified atom stereocenters. The SMILES string of the molecule is CN=C(NCc1noc(C(C)(C)C)n1)N(C)Cc1ccccc1OC.I. The van der Waals surface area contributed by atoms with Crippen LogP contribution in [0.25, 0.3) is 0 Å². The van der Waals surface area contributed by atoms with Gasteiger partial charge in [-0.2, -0.15) is 4.98 Å². The molecule has 7 nitrogen and oxygen atoms in total. The second kappa shape index (κ2) is 9.75. The summed E-state index contributed by atoms with van der Waals surface area (Å²) >= 11 is 0. The standard InChI is InChI=1S/C18H27N5O2.HI/c1-18(2,3)16-21-15(22-25-16)11-20-17(19-4)23(5)12-13-9-7-8-10-14(13)24-6;/h7-10H,11-12H2,1-6H3,(H,19,20);1H. The molecule has 0 fully saturated rings. The number of aliphatic imine (C=N–C) groups is 1. The van der Waals surface area contributed by atoms with Gasteiger partial charge in [-0.25, -0.2) is 0 Å². The average molecular weight is 473 g/mol. The van der Waals surface area contributed by atoms with Crippen LogP contribution in [0.5, 0.6) is 5.75 Å². The fourth-order valence-corrected chi connectivity index (χ4v) is 2.34. The second-order valence-electron chi connectivity index (χ2n) is 6.83.